The van der Waals surface area contributed by atoms with Gasteiger partial charge in [0.1, 0.15) is 18.0 Å². The smallest absolute Gasteiger partial charge is 0.126 e. The quantitative estimate of drug-likeness (QED) is 0.854. The second-order valence-electron chi connectivity index (χ2n) is 6.93. The van der Waals surface area contributed by atoms with Crippen LogP contribution in [-0.2, 0) is 12.2 Å². The maximum atomic E-state index is 12.0. The molecule has 24 heavy (non-hydrogen) atoms. The first-order valence-corrected chi connectivity index (χ1v) is 8.89. The highest BCUT2D eigenvalue weighted by atomic mass is 35.5. The minimum atomic E-state index is -1.06. The Morgan fingerprint density at radius 3 is 2.67 bits per heavy atom. The molecule has 0 aliphatic carbocycles. The third-order valence-corrected chi connectivity index (χ3v) is 5.71. The predicted octanol–water partition coefficient (Wildman–Crippen LogP) is 3.81. The molecule has 4 heteroatoms. The van der Waals surface area contributed by atoms with Gasteiger partial charge in [-0.2, -0.15) is 0 Å². The van der Waals surface area contributed by atoms with Crippen LogP contribution >= 0.6 is 11.6 Å². The van der Waals surface area contributed by atoms with E-state index in [1.165, 1.54) is 0 Å². The molecule has 2 aliphatic rings. The predicted molar refractivity (Wildman–Crippen MR) is 95.4 cm³/mol. The van der Waals surface area contributed by atoms with E-state index in [-0.39, 0.29) is 5.92 Å². The molecule has 2 aliphatic heterocycles. The monoisotopic (exact) mass is 343 g/mol. The van der Waals surface area contributed by atoms with Gasteiger partial charge < -0.3 is 14.7 Å². The number of nitrogens with zero attached hydrogens (tertiary/aromatic N) is 1. The van der Waals surface area contributed by atoms with Gasteiger partial charge in [-0.1, -0.05) is 35.9 Å². The molecule has 2 aromatic carbocycles. The summed E-state index contributed by atoms with van der Waals surface area (Å²) in [6, 6.07) is 13.6. The number of likely N-dealkylation sites (tertiary alicyclic amines) is 1. The first-order valence-electron chi connectivity index (χ1n) is 8.51. The van der Waals surface area contributed by atoms with E-state index in [1.54, 1.807) is 0 Å². The molecule has 2 aromatic rings. The van der Waals surface area contributed by atoms with Gasteiger partial charge in [0.15, 0.2) is 0 Å². The molecule has 0 radical (unpaired) electrons. The van der Waals surface area contributed by atoms with E-state index >= 15 is 0 Å². The zero-order valence-corrected chi connectivity index (χ0v) is 14.6. The number of piperidine rings is 1. The van der Waals surface area contributed by atoms with E-state index in [0.29, 0.717) is 11.6 Å². The lowest BCUT2D eigenvalue weighted by Gasteiger charge is -2.41. The fourth-order valence-corrected chi connectivity index (χ4v) is 4.28. The van der Waals surface area contributed by atoms with E-state index in [4.69, 9.17) is 16.3 Å². The molecule has 0 spiro atoms. The molecule has 126 valence electrons. The van der Waals surface area contributed by atoms with Gasteiger partial charge in [-0.05, 0) is 68.2 Å². The maximum Gasteiger partial charge on any atom is 0.126 e. The second kappa shape index (κ2) is 6.07. The Labute approximate surface area is 147 Å². The summed E-state index contributed by atoms with van der Waals surface area (Å²) >= 11 is 6.29. The van der Waals surface area contributed by atoms with Crippen LogP contribution in [0.5, 0.6) is 5.75 Å². The Morgan fingerprint density at radius 2 is 1.88 bits per heavy atom. The van der Waals surface area contributed by atoms with Crippen LogP contribution in [0.1, 0.15) is 29.5 Å². The number of hydrogen-bond acceptors (Lipinski definition) is 3. The largest absolute Gasteiger partial charge is 0.488 e. The van der Waals surface area contributed by atoms with E-state index in [9.17, 15) is 5.11 Å². The van der Waals surface area contributed by atoms with Crippen molar-refractivity contribution in [2.45, 2.75) is 25.0 Å². The summed E-state index contributed by atoms with van der Waals surface area (Å²) in [6.07, 6.45) is 1.90. The number of aliphatic hydroxyl groups is 1. The van der Waals surface area contributed by atoms with Gasteiger partial charge in [0.25, 0.3) is 0 Å². The summed E-state index contributed by atoms with van der Waals surface area (Å²) in [5.74, 6) is 0.917. The van der Waals surface area contributed by atoms with Crippen molar-refractivity contribution in [2.75, 3.05) is 20.1 Å². The Morgan fingerprint density at radius 1 is 1.12 bits per heavy atom. The van der Waals surface area contributed by atoms with Crippen LogP contribution in [0.25, 0.3) is 0 Å². The average molecular weight is 344 g/mol. The lowest BCUT2D eigenvalue weighted by atomic mass is 9.71. The number of ether oxygens (including phenoxy) is 1. The minimum absolute atomic E-state index is 0.147. The van der Waals surface area contributed by atoms with Crippen LogP contribution in [0, 0.1) is 5.92 Å². The molecule has 2 heterocycles. The number of para-hydroxylation sites is 1. The molecule has 1 atom stereocenters. The Hall–Kier alpha value is -1.55. The second-order valence-corrected chi connectivity index (χ2v) is 7.37. The summed E-state index contributed by atoms with van der Waals surface area (Å²) in [6.45, 7) is 2.44. The summed E-state index contributed by atoms with van der Waals surface area (Å²) in [5.41, 5.74) is 1.71. The highest BCUT2D eigenvalue weighted by Gasteiger charge is 2.45. The van der Waals surface area contributed by atoms with Gasteiger partial charge in [-0.15, -0.1) is 0 Å². The van der Waals surface area contributed by atoms with E-state index in [1.807, 2.05) is 42.5 Å². The van der Waals surface area contributed by atoms with Crippen LogP contribution in [0.2, 0.25) is 5.02 Å². The molecular formula is C20H22ClNO2. The molecule has 1 fully saturated rings. The van der Waals surface area contributed by atoms with Gasteiger partial charge in [0.2, 0.25) is 0 Å². The van der Waals surface area contributed by atoms with Crippen molar-refractivity contribution >= 4 is 11.6 Å². The van der Waals surface area contributed by atoms with Gasteiger partial charge in [-0.3, -0.25) is 0 Å². The fraction of sp³-hybridized carbons (Fsp3) is 0.400. The van der Waals surface area contributed by atoms with Crippen LogP contribution in [0.4, 0.5) is 0 Å². The van der Waals surface area contributed by atoms with E-state index < -0.39 is 5.60 Å². The Balaban J connectivity index is 1.91. The standard InChI is InChI=1S/C20H22ClNO2/c1-22-10-8-15(9-11-22)20(23)17-4-2-3-5-19(17)24-13-14-6-7-16(21)12-18(14)20/h2-7,12,15,23H,8-11,13H2,1H3. The van der Waals surface area contributed by atoms with Crippen LogP contribution in [0.15, 0.2) is 42.5 Å². The number of hydrogen-bond donors (Lipinski definition) is 1. The summed E-state index contributed by atoms with van der Waals surface area (Å²) in [5, 5.41) is 12.7. The summed E-state index contributed by atoms with van der Waals surface area (Å²) in [4.78, 5) is 2.32. The molecule has 3 nitrogen and oxygen atoms in total. The van der Waals surface area contributed by atoms with Crippen molar-refractivity contribution < 1.29 is 9.84 Å². The third-order valence-electron chi connectivity index (χ3n) is 5.47. The van der Waals surface area contributed by atoms with Crippen molar-refractivity contribution in [2.24, 2.45) is 5.92 Å². The van der Waals surface area contributed by atoms with Gasteiger partial charge in [0, 0.05) is 10.6 Å². The number of fused-ring (bicyclic) bond motifs is 2. The minimum Gasteiger partial charge on any atom is -0.488 e. The molecule has 1 saturated heterocycles. The van der Waals surface area contributed by atoms with Crippen molar-refractivity contribution in [1.29, 1.82) is 0 Å². The maximum absolute atomic E-state index is 12.0. The molecule has 1 unspecified atom stereocenters. The molecule has 0 saturated carbocycles. The molecule has 4 rings (SSSR count). The van der Waals surface area contributed by atoms with Crippen molar-refractivity contribution in [3.63, 3.8) is 0 Å². The van der Waals surface area contributed by atoms with Crippen molar-refractivity contribution in [1.82, 2.24) is 4.90 Å². The zero-order valence-electron chi connectivity index (χ0n) is 13.8. The lowest BCUT2D eigenvalue weighted by molar-refractivity contribution is -0.0113. The van der Waals surface area contributed by atoms with Gasteiger partial charge >= 0.3 is 0 Å². The molecular weight excluding hydrogens is 322 g/mol. The average Bonchev–Trinajstić information content (AvgIpc) is 2.72. The SMILES string of the molecule is CN1CCC(C2(O)c3cc(Cl)ccc3COc3ccccc32)CC1. The molecule has 0 bridgehead atoms. The normalized spacial score (nSPS) is 24.6. The highest BCUT2D eigenvalue weighted by molar-refractivity contribution is 6.30. The highest BCUT2D eigenvalue weighted by Crippen LogP contribution is 2.48. The Bertz CT molecular complexity index is 755. The summed E-state index contributed by atoms with van der Waals surface area (Å²) in [7, 11) is 2.13. The van der Waals surface area contributed by atoms with Crippen molar-refractivity contribution in [3.05, 3.63) is 64.2 Å². The fourth-order valence-electron chi connectivity index (χ4n) is 4.10. The topological polar surface area (TPSA) is 32.7 Å². The molecule has 0 amide bonds. The molecule has 0 aromatic heterocycles. The number of halogens is 1. The third kappa shape index (κ3) is 2.52. The van der Waals surface area contributed by atoms with E-state index in [0.717, 1.165) is 48.4 Å². The first kappa shape index (κ1) is 15.9. The van der Waals surface area contributed by atoms with Gasteiger partial charge in [0.05, 0.1) is 0 Å². The van der Waals surface area contributed by atoms with Crippen molar-refractivity contribution in [3.8, 4) is 5.75 Å². The first-order chi connectivity index (χ1) is 11.6. The van der Waals surface area contributed by atoms with E-state index in [2.05, 4.69) is 11.9 Å². The Kier molecular flexibility index (Phi) is 4.03. The van der Waals surface area contributed by atoms with Crippen LogP contribution in [-0.4, -0.2) is 30.1 Å². The van der Waals surface area contributed by atoms with Gasteiger partial charge in [-0.25, -0.2) is 0 Å². The lowest BCUT2D eigenvalue weighted by Crippen LogP contribution is -2.43. The van der Waals surface area contributed by atoms with Crippen LogP contribution < -0.4 is 4.74 Å². The summed E-state index contributed by atoms with van der Waals surface area (Å²) < 4.78 is 6.01. The molecule has 1 N–H and O–H groups in total. The number of benzene rings is 2. The number of rotatable bonds is 1. The zero-order chi connectivity index (χ0) is 16.7. The van der Waals surface area contributed by atoms with Crippen LogP contribution in [0.3, 0.4) is 0 Å².